The molecule has 0 aromatic heterocycles. The average Bonchev–Trinajstić information content (AvgIpc) is 2.93. The van der Waals surface area contributed by atoms with Crippen LogP contribution in [0.3, 0.4) is 0 Å². The number of phenolic OH excluding ortho intramolecular Hbond substituents is 1. The molecule has 202 valence electrons. The molecule has 0 aliphatic rings. The average molecular weight is 519 g/mol. The Bertz CT molecular complexity index is 1100. The van der Waals surface area contributed by atoms with Gasteiger partial charge in [0.1, 0.15) is 23.0 Å². The molecular formula is C32H38O6. The first kappa shape index (κ1) is 28.8. The monoisotopic (exact) mass is 518 g/mol. The predicted molar refractivity (Wildman–Crippen MR) is 148 cm³/mol. The summed E-state index contributed by atoms with van der Waals surface area (Å²) in [6.45, 7) is 2.93. The molecule has 0 unspecified atom stereocenters. The third-order valence-electron chi connectivity index (χ3n) is 6.20. The van der Waals surface area contributed by atoms with Crippen molar-refractivity contribution in [1.82, 2.24) is 0 Å². The molecular weight excluding hydrogens is 480 g/mol. The topological polar surface area (TPSA) is 82.1 Å². The van der Waals surface area contributed by atoms with E-state index in [1.54, 1.807) is 24.3 Å². The highest BCUT2D eigenvalue weighted by molar-refractivity contribution is 5.92. The van der Waals surface area contributed by atoms with Crippen LogP contribution >= 0.6 is 0 Å². The third kappa shape index (κ3) is 10.3. The summed E-state index contributed by atoms with van der Waals surface area (Å²) in [5.74, 6) is 0.459. The van der Waals surface area contributed by atoms with Crippen molar-refractivity contribution >= 4 is 11.9 Å². The van der Waals surface area contributed by atoms with E-state index in [0.717, 1.165) is 12.2 Å². The minimum Gasteiger partial charge on any atom is -0.508 e. The van der Waals surface area contributed by atoms with E-state index in [4.69, 9.17) is 14.2 Å². The lowest BCUT2D eigenvalue weighted by molar-refractivity contribution is 0.0730. The lowest BCUT2D eigenvalue weighted by atomic mass is 10.1. The second-order valence-electron chi connectivity index (χ2n) is 9.35. The van der Waals surface area contributed by atoms with Gasteiger partial charge in [0, 0.05) is 0 Å². The van der Waals surface area contributed by atoms with Crippen LogP contribution in [0.15, 0.2) is 72.8 Å². The van der Waals surface area contributed by atoms with Crippen LogP contribution in [0, 0.1) is 0 Å². The SMILES string of the molecule is CCCCCCCCCCCCOc1ccc(OC(=O)c2ccc(OC(=O)c3ccc(O)cc3)cc2)cc1. The zero-order valence-corrected chi connectivity index (χ0v) is 22.2. The zero-order valence-electron chi connectivity index (χ0n) is 22.2. The highest BCUT2D eigenvalue weighted by atomic mass is 16.5. The standard InChI is InChI=1S/C32H38O6/c1-2-3-4-5-6-7-8-9-10-11-24-36-28-20-22-30(23-21-28)38-32(35)26-14-18-29(19-15-26)37-31(34)25-12-16-27(33)17-13-25/h12-23,33H,2-11,24H2,1H3. The lowest BCUT2D eigenvalue weighted by Gasteiger charge is -2.09. The van der Waals surface area contributed by atoms with Crippen LogP contribution in [0.1, 0.15) is 91.8 Å². The Balaban J connectivity index is 1.33. The molecule has 1 N–H and O–H groups in total. The maximum atomic E-state index is 12.5. The minimum atomic E-state index is -0.559. The first-order valence-corrected chi connectivity index (χ1v) is 13.6. The van der Waals surface area contributed by atoms with Gasteiger partial charge >= 0.3 is 11.9 Å². The maximum absolute atomic E-state index is 12.5. The Hall–Kier alpha value is -3.80. The molecule has 0 aliphatic heterocycles. The second-order valence-corrected chi connectivity index (χ2v) is 9.35. The Morgan fingerprint density at radius 3 is 1.45 bits per heavy atom. The summed E-state index contributed by atoms with van der Waals surface area (Å²) in [7, 11) is 0. The van der Waals surface area contributed by atoms with Crippen molar-refractivity contribution in [2.24, 2.45) is 0 Å². The summed E-state index contributed by atoms with van der Waals surface area (Å²) >= 11 is 0. The van der Waals surface area contributed by atoms with E-state index in [1.807, 2.05) is 0 Å². The largest absolute Gasteiger partial charge is 0.508 e. The summed E-state index contributed by atoms with van der Waals surface area (Å²) < 4.78 is 16.6. The van der Waals surface area contributed by atoms with Gasteiger partial charge in [-0.05, 0) is 79.2 Å². The number of aromatic hydroxyl groups is 1. The Morgan fingerprint density at radius 1 is 0.553 bits per heavy atom. The Morgan fingerprint density at radius 2 is 0.947 bits per heavy atom. The van der Waals surface area contributed by atoms with Gasteiger partial charge in [0.25, 0.3) is 0 Å². The molecule has 3 rings (SSSR count). The summed E-state index contributed by atoms with van der Waals surface area (Å²) in [5.41, 5.74) is 0.637. The molecule has 38 heavy (non-hydrogen) atoms. The highest BCUT2D eigenvalue weighted by Crippen LogP contribution is 2.21. The van der Waals surface area contributed by atoms with Gasteiger partial charge in [0.15, 0.2) is 0 Å². The molecule has 0 saturated carbocycles. The molecule has 6 heteroatoms. The van der Waals surface area contributed by atoms with E-state index in [9.17, 15) is 14.7 Å². The molecule has 0 amide bonds. The molecule has 6 nitrogen and oxygen atoms in total. The minimum absolute atomic E-state index is 0.0657. The first-order valence-electron chi connectivity index (χ1n) is 13.6. The Labute approximate surface area is 225 Å². The molecule has 0 radical (unpaired) electrons. The fourth-order valence-electron chi connectivity index (χ4n) is 3.97. The summed E-state index contributed by atoms with van der Waals surface area (Å²) in [5, 5.41) is 9.32. The third-order valence-corrected chi connectivity index (χ3v) is 6.20. The van der Waals surface area contributed by atoms with E-state index in [1.165, 1.54) is 106 Å². The number of ether oxygens (including phenoxy) is 3. The number of rotatable bonds is 16. The van der Waals surface area contributed by atoms with Gasteiger partial charge in [-0.2, -0.15) is 0 Å². The molecule has 0 spiro atoms. The van der Waals surface area contributed by atoms with E-state index in [-0.39, 0.29) is 5.75 Å². The van der Waals surface area contributed by atoms with Crippen molar-refractivity contribution in [2.75, 3.05) is 6.61 Å². The molecule has 0 fully saturated rings. The van der Waals surface area contributed by atoms with Gasteiger partial charge in [-0.1, -0.05) is 64.7 Å². The van der Waals surface area contributed by atoms with Gasteiger partial charge in [-0.3, -0.25) is 0 Å². The number of unbranched alkanes of at least 4 members (excludes halogenated alkanes) is 9. The Kier molecular flexibility index (Phi) is 12.2. The molecule has 0 heterocycles. The van der Waals surface area contributed by atoms with Crippen molar-refractivity contribution in [3.63, 3.8) is 0 Å². The number of phenols is 1. The van der Waals surface area contributed by atoms with E-state index in [0.29, 0.717) is 29.2 Å². The van der Waals surface area contributed by atoms with Crippen molar-refractivity contribution in [1.29, 1.82) is 0 Å². The maximum Gasteiger partial charge on any atom is 0.343 e. The van der Waals surface area contributed by atoms with Crippen molar-refractivity contribution in [3.05, 3.63) is 83.9 Å². The molecule has 3 aromatic carbocycles. The van der Waals surface area contributed by atoms with Crippen molar-refractivity contribution in [3.8, 4) is 23.0 Å². The summed E-state index contributed by atoms with van der Waals surface area (Å²) in [6, 6.07) is 18.9. The number of hydrogen-bond acceptors (Lipinski definition) is 6. The van der Waals surface area contributed by atoms with E-state index in [2.05, 4.69) is 6.92 Å². The summed E-state index contributed by atoms with van der Waals surface area (Å²) in [6.07, 6.45) is 12.9. The summed E-state index contributed by atoms with van der Waals surface area (Å²) in [4.78, 5) is 24.7. The van der Waals surface area contributed by atoms with Crippen LogP contribution in [-0.4, -0.2) is 23.7 Å². The molecule has 0 saturated heterocycles. The smallest absolute Gasteiger partial charge is 0.343 e. The lowest BCUT2D eigenvalue weighted by Crippen LogP contribution is -2.10. The van der Waals surface area contributed by atoms with Gasteiger partial charge in [0.2, 0.25) is 0 Å². The molecule has 3 aromatic rings. The van der Waals surface area contributed by atoms with Crippen molar-refractivity contribution in [2.45, 2.75) is 71.1 Å². The fraction of sp³-hybridized carbons (Fsp3) is 0.375. The molecule has 0 atom stereocenters. The van der Waals surface area contributed by atoms with Gasteiger partial charge < -0.3 is 19.3 Å². The van der Waals surface area contributed by atoms with Crippen molar-refractivity contribution < 1.29 is 28.9 Å². The van der Waals surface area contributed by atoms with Crippen LogP contribution in [0.25, 0.3) is 0 Å². The van der Waals surface area contributed by atoms with Gasteiger partial charge in [0.05, 0.1) is 17.7 Å². The normalized spacial score (nSPS) is 10.7. The van der Waals surface area contributed by atoms with Crippen LogP contribution < -0.4 is 14.2 Å². The predicted octanol–water partition coefficient (Wildman–Crippen LogP) is 8.13. The van der Waals surface area contributed by atoms with Gasteiger partial charge in [-0.25, -0.2) is 9.59 Å². The molecule has 0 aliphatic carbocycles. The quantitative estimate of drug-likeness (QED) is 0.117. The molecule has 0 bridgehead atoms. The number of carbonyl (C=O) groups excluding carboxylic acids is 2. The fourth-order valence-corrected chi connectivity index (χ4v) is 3.97. The number of esters is 2. The number of carbonyl (C=O) groups is 2. The number of benzene rings is 3. The zero-order chi connectivity index (χ0) is 27.0. The van der Waals surface area contributed by atoms with Crippen LogP contribution in [0.5, 0.6) is 23.0 Å². The van der Waals surface area contributed by atoms with Gasteiger partial charge in [-0.15, -0.1) is 0 Å². The highest BCUT2D eigenvalue weighted by Gasteiger charge is 2.12. The second kappa shape index (κ2) is 16.1. The van der Waals surface area contributed by atoms with E-state index >= 15 is 0 Å². The first-order chi connectivity index (χ1) is 18.5. The van der Waals surface area contributed by atoms with E-state index < -0.39 is 11.9 Å². The van der Waals surface area contributed by atoms with Crippen LogP contribution in [0.4, 0.5) is 0 Å². The van der Waals surface area contributed by atoms with Crippen LogP contribution in [-0.2, 0) is 0 Å². The van der Waals surface area contributed by atoms with Crippen LogP contribution in [0.2, 0.25) is 0 Å². The number of hydrogen-bond donors (Lipinski definition) is 1.